The summed E-state index contributed by atoms with van der Waals surface area (Å²) < 4.78 is 28.1. The summed E-state index contributed by atoms with van der Waals surface area (Å²) in [7, 11) is -3.61. The van der Waals surface area contributed by atoms with E-state index in [9.17, 15) is 8.42 Å². The second kappa shape index (κ2) is 7.00. The molecule has 0 saturated carbocycles. The highest BCUT2D eigenvalue weighted by atomic mass is 32.2. The lowest BCUT2D eigenvalue weighted by atomic mass is 10.1. The van der Waals surface area contributed by atoms with Crippen molar-refractivity contribution in [2.45, 2.75) is 24.2 Å². The van der Waals surface area contributed by atoms with Gasteiger partial charge in [-0.1, -0.05) is 30.3 Å². The summed E-state index contributed by atoms with van der Waals surface area (Å²) in [5, 5.41) is 1.94. The molecule has 26 heavy (non-hydrogen) atoms. The van der Waals surface area contributed by atoms with E-state index in [1.165, 1.54) is 19.3 Å². The average Bonchev–Trinajstić information content (AvgIpc) is 2.68. The van der Waals surface area contributed by atoms with E-state index in [4.69, 9.17) is 0 Å². The first-order chi connectivity index (χ1) is 12.6. The maximum Gasteiger partial charge on any atom is 0.261 e. The van der Waals surface area contributed by atoms with Crippen LogP contribution in [0, 0.1) is 0 Å². The molecule has 3 aromatic rings. The molecule has 0 bridgehead atoms. The predicted molar refractivity (Wildman–Crippen MR) is 107 cm³/mol. The number of hydrogen-bond acceptors (Lipinski definition) is 3. The van der Waals surface area contributed by atoms with Gasteiger partial charge in [0, 0.05) is 24.5 Å². The van der Waals surface area contributed by atoms with E-state index in [2.05, 4.69) is 9.62 Å². The van der Waals surface area contributed by atoms with Crippen molar-refractivity contribution in [1.82, 2.24) is 0 Å². The molecule has 0 aliphatic carbocycles. The Morgan fingerprint density at radius 2 is 1.46 bits per heavy atom. The zero-order valence-electron chi connectivity index (χ0n) is 14.6. The van der Waals surface area contributed by atoms with Gasteiger partial charge < -0.3 is 4.90 Å². The van der Waals surface area contributed by atoms with Gasteiger partial charge in [0.05, 0.1) is 4.90 Å². The van der Waals surface area contributed by atoms with E-state index in [0.29, 0.717) is 5.69 Å². The molecule has 4 rings (SSSR count). The Hall–Kier alpha value is -2.53. The van der Waals surface area contributed by atoms with Crippen LogP contribution in [0.4, 0.5) is 11.4 Å². The first-order valence-electron chi connectivity index (χ1n) is 8.98. The molecular formula is C21H22N2O2S. The number of anilines is 2. The Kier molecular flexibility index (Phi) is 4.55. The summed E-state index contributed by atoms with van der Waals surface area (Å²) >= 11 is 0. The van der Waals surface area contributed by atoms with Gasteiger partial charge in [0.1, 0.15) is 0 Å². The minimum Gasteiger partial charge on any atom is -0.372 e. The predicted octanol–water partition coefficient (Wildman–Crippen LogP) is 4.63. The Balaban J connectivity index is 1.54. The Morgan fingerprint density at radius 1 is 0.769 bits per heavy atom. The van der Waals surface area contributed by atoms with Crippen molar-refractivity contribution in [3.63, 3.8) is 0 Å². The van der Waals surface area contributed by atoms with Gasteiger partial charge in [-0.25, -0.2) is 8.42 Å². The van der Waals surface area contributed by atoms with Crippen molar-refractivity contribution < 1.29 is 8.42 Å². The molecule has 0 radical (unpaired) electrons. The van der Waals surface area contributed by atoms with Gasteiger partial charge in [0.2, 0.25) is 0 Å². The number of benzene rings is 3. The van der Waals surface area contributed by atoms with Crippen molar-refractivity contribution in [1.29, 1.82) is 0 Å². The highest BCUT2D eigenvalue weighted by Crippen LogP contribution is 2.24. The van der Waals surface area contributed by atoms with Crippen LogP contribution in [0.25, 0.3) is 10.8 Å². The second-order valence-electron chi connectivity index (χ2n) is 6.71. The molecule has 134 valence electrons. The topological polar surface area (TPSA) is 49.4 Å². The fraction of sp³-hybridized carbons (Fsp3) is 0.238. The lowest BCUT2D eigenvalue weighted by molar-refractivity contribution is 0.578. The molecule has 0 amide bonds. The van der Waals surface area contributed by atoms with Gasteiger partial charge in [-0.3, -0.25) is 4.72 Å². The summed E-state index contributed by atoms with van der Waals surface area (Å²) in [6.07, 6.45) is 3.73. The minimum absolute atomic E-state index is 0.274. The molecule has 1 heterocycles. The molecule has 0 atom stereocenters. The van der Waals surface area contributed by atoms with Crippen molar-refractivity contribution in [2.75, 3.05) is 22.7 Å². The smallest absolute Gasteiger partial charge is 0.261 e. The molecule has 1 aliphatic rings. The number of nitrogens with zero attached hydrogens (tertiary/aromatic N) is 1. The summed E-state index contributed by atoms with van der Waals surface area (Å²) in [5.41, 5.74) is 1.73. The van der Waals surface area contributed by atoms with Gasteiger partial charge in [0.25, 0.3) is 10.0 Å². The van der Waals surface area contributed by atoms with Crippen LogP contribution in [-0.2, 0) is 10.0 Å². The van der Waals surface area contributed by atoms with Gasteiger partial charge in [-0.05, 0) is 66.4 Å². The lowest BCUT2D eigenvalue weighted by Crippen LogP contribution is -2.29. The number of hydrogen-bond donors (Lipinski definition) is 1. The highest BCUT2D eigenvalue weighted by molar-refractivity contribution is 7.92. The summed E-state index contributed by atoms with van der Waals surface area (Å²) in [5.74, 6) is 0. The number of rotatable bonds is 4. The molecule has 0 spiro atoms. The molecule has 0 unspecified atom stereocenters. The maximum absolute atomic E-state index is 12.7. The van der Waals surface area contributed by atoms with Crippen LogP contribution < -0.4 is 9.62 Å². The maximum atomic E-state index is 12.7. The van der Waals surface area contributed by atoms with E-state index in [0.717, 1.165) is 29.5 Å². The van der Waals surface area contributed by atoms with Crippen molar-refractivity contribution in [3.8, 4) is 0 Å². The molecule has 1 aliphatic heterocycles. The Bertz CT molecular complexity index is 1010. The molecule has 1 N–H and O–H groups in total. The molecular weight excluding hydrogens is 344 g/mol. The van der Waals surface area contributed by atoms with E-state index in [1.54, 1.807) is 12.1 Å². The normalized spacial score (nSPS) is 15.2. The first-order valence-corrected chi connectivity index (χ1v) is 10.5. The highest BCUT2D eigenvalue weighted by Gasteiger charge is 2.15. The third-order valence-corrected chi connectivity index (χ3v) is 6.25. The molecule has 1 fully saturated rings. The number of nitrogens with one attached hydrogen (secondary N) is 1. The fourth-order valence-electron chi connectivity index (χ4n) is 3.44. The minimum atomic E-state index is -3.61. The molecule has 3 aromatic carbocycles. The van der Waals surface area contributed by atoms with Crippen LogP contribution in [0.15, 0.2) is 71.6 Å². The molecule has 1 saturated heterocycles. The van der Waals surface area contributed by atoms with Gasteiger partial charge in [-0.15, -0.1) is 0 Å². The third kappa shape index (κ3) is 3.53. The lowest BCUT2D eigenvalue weighted by Gasteiger charge is -2.28. The van der Waals surface area contributed by atoms with Crippen molar-refractivity contribution in [2.24, 2.45) is 0 Å². The van der Waals surface area contributed by atoms with E-state index >= 15 is 0 Å². The molecule has 5 heteroatoms. The van der Waals surface area contributed by atoms with Crippen LogP contribution in [0.1, 0.15) is 19.3 Å². The summed E-state index contributed by atoms with van der Waals surface area (Å²) in [6, 6.07) is 20.6. The largest absolute Gasteiger partial charge is 0.372 e. The van der Waals surface area contributed by atoms with E-state index in [1.807, 2.05) is 54.6 Å². The third-order valence-electron chi connectivity index (χ3n) is 4.87. The SMILES string of the molecule is O=S(=O)(Nc1ccc(N2CCCCC2)cc1)c1ccc2ccccc2c1. The Labute approximate surface area is 154 Å². The average molecular weight is 366 g/mol. The van der Waals surface area contributed by atoms with Crippen LogP contribution in [0.2, 0.25) is 0 Å². The van der Waals surface area contributed by atoms with Gasteiger partial charge in [-0.2, -0.15) is 0 Å². The number of fused-ring (bicyclic) bond motifs is 1. The second-order valence-corrected chi connectivity index (χ2v) is 8.39. The van der Waals surface area contributed by atoms with Crippen molar-refractivity contribution in [3.05, 3.63) is 66.7 Å². The van der Waals surface area contributed by atoms with Crippen LogP contribution in [0.5, 0.6) is 0 Å². The van der Waals surface area contributed by atoms with Gasteiger partial charge in [0.15, 0.2) is 0 Å². The summed E-state index contributed by atoms with van der Waals surface area (Å²) in [6.45, 7) is 2.14. The number of piperidine rings is 1. The zero-order valence-corrected chi connectivity index (χ0v) is 15.4. The quantitative estimate of drug-likeness (QED) is 0.732. The van der Waals surface area contributed by atoms with Crippen LogP contribution in [0.3, 0.4) is 0 Å². The standard InChI is InChI=1S/C21H22N2O2S/c24-26(25,21-13-8-17-6-2-3-7-18(17)16-21)22-19-9-11-20(12-10-19)23-14-4-1-5-15-23/h2-3,6-13,16,22H,1,4-5,14-15H2. The Morgan fingerprint density at radius 3 is 2.19 bits per heavy atom. The fourth-order valence-corrected chi connectivity index (χ4v) is 4.53. The summed E-state index contributed by atoms with van der Waals surface area (Å²) in [4.78, 5) is 2.63. The molecule has 4 nitrogen and oxygen atoms in total. The molecule has 0 aromatic heterocycles. The monoisotopic (exact) mass is 366 g/mol. The first kappa shape index (κ1) is 16.9. The zero-order chi connectivity index (χ0) is 18.0. The number of sulfonamides is 1. The van der Waals surface area contributed by atoms with E-state index in [-0.39, 0.29) is 4.90 Å². The van der Waals surface area contributed by atoms with Crippen molar-refractivity contribution >= 4 is 32.2 Å². The van der Waals surface area contributed by atoms with Crippen LogP contribution >= 0.6 is 0 Å². The van der Waals surface area contributed by atoms with Crippen LogP contribution in [-0.4, -0.2) is 21.5 Å². The van der Waals surface area contributed by atoms with E-state index < -0.39 is 10.0 Å². The van der Waals surface area contributed by atoms with Gasteiger partial charge >= 0.3 is 0 Å².